The predicted octanol–water partition coefficient (Wildman–Crippen LogP) is 3.77. The van der Waals surface area contributed by atoms with Crippen LogP contribution in [0, 0.1) is 6.92 Å². The highest BCUT2D eigenvalue weighted by atomic mass is 32.2. The van der Waals surface area contributed by atoms with E-state index in [0.717, 1.165) is 22.1 Å². The first kappa shape index (κ1) is 24.1. The van der Waals surface area contributed by atoms with Gasteiger partial charge in [0.1, 0.15) is 11.2 Å². The Morgan fingerprint density at radius 3 is 2.57 bits per heavy atom. The van der Waals surface area contributed by atoms with Crippen LogP contribution in [0.5, 0.6) is 0 Å². The SMILES string of the molecule is CC(=O)Nc1ccc(S(C)(=O)=O)c(-n2nc(-c3cc(C)cc(-c4cnco4)c3)c3cccnc3c2=O)c1. The van der Waals surface area contributed by atoms with Crippen molar-refractivity contribution in [1.29, 1.82) is 0 Å². The number of nitrogens with one attached hydrogen (secondary N) is 1. The van der Waals surface area contributed by atoms with Crippen LogP contribution in [0.1, 0.15) is 12.5 Å². The summed E-state index contributed by atoms with van der Waals surface area (Å²) >= 11 is 0. The first-order valence-electron chi connectivity index (χ1n) is 11.1. The maximum absolute atomic E-state index is 13.6. The van der Waals surface area contributed by atoms with Crippen molar-refractivity contribution in [2.75, 3.05) is 11.6 Å². The number of carbonyl (C=O) groups excluding carboxylic acids is 1. The predicted molar refractivity (Wildman–Crippen MR) is 138 cm³/mol. The lowest BCUT2D eigenvalue weighted by atomic mass is 10.0. The molecule has 1 amide bonds. The van der Waals surface area contributed by atoms with E-state index >= 15 is 0 Å². The van der Waals surface area contributed by atoms with E-state index in [1.165, 1.54) is 37.7 Å². The highest BCUT2D eigenvalue weighted by molar-refractivity contribution is 7.90. The number of hydrogen-bond donors (Lipinski definition) is 1. The average Bonchev–Trinajstić information content (AvgIpc) is 3.38. The molecule has 10 nitrogen and oxygen atoms in total. The Bertz CT molecular complexity index is 1840. The van der Waals surface area contributed by atoms with Crippen LogP contribution in [0.15, 0.2) is 81.4 Å². The molecule has 5 rings (SSSR count). The van der Waals surface area contributed by atoms with Gasteiger partial charge in [-0.2, -0.15) is 9.78 Å². The lowest BCUT2D eigenvalue weighted by Gasteiger charge is -2.15. The van der Waals surface area contributed by atoms with Crippen molar-refractivity contribution in [3.63, 3.8) is 0 Å². The van der Waals surface area contributed by atoms with Crippen molar-refractivity contribution in [2.45, 2.75) is 18.7 Å². The zero-order valence-corrected chi connectivity index (χ0v) is 20.9. The number of nitrogens with zero attached hydrogens (tertiary/aromatic N) is 4. The molecule has 0 aliphatic heterocycles. The van der Waals surface area contributed by atoms with Crippen molar-refractivity contribution in [2.24, 2.45) is 0 Å². The van der Waals surface area contributed by atoms with Gasteiger partial charge in [0.2, 0.25) is 5.91 Å². The minimum atomic E-state index is -3.77. The Morgan fingerprint density at radius 2 is 1.86 bits per heavy atom. The Kier molecular flexibility index (Phi) is 5.92. The molecule has 1 N–H and O–H groups in total. The molecule has 0 aliphatic rings. The van der Waals surface area contributed by atoms with E-state index < -0.39 is 15.4 Å². The minimum absolute atomic E-state index is 0.00401. The van der Waals surface area contributed by atoms with Gasteiger partial charge in [-0.05, 0) is 61.0 Å². The fourth-order valence-corrected chi connectivity index (χ4v) is 4.98. The van der Waals surface area contributed by atoms with E-state index in [-0.39, 0.29) is 22.0 Å². The second-order valence-electron chi connectivity index (χ2n) is 8.55. The minimum Gasteiger partial charge on any atom is -0.444 e. The van der Waals surface area contributed by atoms with Crippen molar-refractivity contribution >= 4 is 32.3 Å². The normalized spacial score (nSPS) is 11.5. The van der Waals surface area contributed by atoms with Crippen LogP contribution in [0.2, 0.25) is 0 Å². The van der Waals surface area contributed by atoms with E-state index in [1.54, 1.807) is 18.3 Å². The number of rotatable bonds is 5. The molecule has 11 heteroatoms. The van der Waals surface area contributed by atoms with Crippen LogP contribution >= 0.6 is 0 Å². The molecule has 0 fully saturated rings. The first-order valence-corrected chi connectivity index (χ1v) is 13.0. The smallest absolute Gasteiger partial charge is 0.298 e. The molecule has 0 aliphatic carbocycles. The second-order valence-corrected chi connectivity index (χ2v) is 10.5. The van der Waals surface area contributed by atoms with Gasteiger partial charge in [0.15, 0.2) is 22.0 Å². The summed E-state index contributed by atoms with van der Waals surface area (Å²) in [4.78, 5) is 33.4. The highest BCUT2D eigenvalue weighted by Gasteiger charge is 2.21. The molecule has 3 heterocycles. The number of pyridine rings is 1. The average molecular weight is 516 g/mol. The zero-order valence-electron chi connectivity index (χ0n) is 20.1. The lowest BCUT2D eigenvalue weighted by molar-refractivity contribution is -0.114. The fraction of sp³-hybridized carbons (Fsp3) is 0.115. The topological polar surface area (TPSA) is 137 Å². The maximum atomic E-state index is 13.6. The molecular weight excluding hydrogens is 494 g/mol. The third-order valence-corrected chi connectivity index (χ3v) is 6.78. The number of aromatic nitrogens is 4. The third kappa shape index (κ3) is 4.64. The van der Waals surface area contributed by atoms with E-state index in [0.29, 0.717) is 28.1 Å². The van der Waals surface area contributed by atoms with Crippen LogP contribution in [0.4, 0.5) is 5.69 Å². The molecular formula is C26H21N5O5S. The molecule has 0 radical (unpaired) electrons. The summed E-state index contributed by atoms with van der Waals surface area (Å²) in [7, 11) is -3.77. The van der Waals surface area contributed by atoms with Crippen molar-refractivity contribution < 1.29 is 17.6 Å². The first-order chi connectivity index (χ1) is 17.6. The Labute approximate surface area is 211 Å². The summed E-state index contributed by atoms with van der Waals surface area (Å²) in [5.41, 5.74) is 2.56. The van der Waals surface area contributed by atoms with E-state index in [9.17, 15) is 18.0 Å². The Hall–Kier alpha value is -4.64. The number of sulfone groups is 1. The summed E-state index contributed by atoms with van der Waals surface area (Å²) in [6, 6.07) is 13.3. The van der Waals surface area contributed by atoms with Crippen molar-refractivity contribution in [1.82, 2.24) is 19.7 Å². The summed E-state index contributed by atoms with van der Waals surface area (Å²) in [6.07, 6.45) is 5.46. The number of amides is 1. The maximum Gasteiger partial charge on any atom is 0.298 e. The van der Waals surface area contributed by atoms with Crippen molar-refractivity contribution in [3.05, 3.63) is 83.2 Å². The fourth-order valence-electron chi connectivity index (χ4n) is 4.14. The largest absolute Gasteiger partial charge is 0.444 e. The number of fused-ring (bicyclic) bond motifs is 1. The highest BCUT2D eigenvalue weighted by Crippen LogP contribution is 2.31. The van der Waals surface area contributed by atoms with Gasteiger partial charge in [-0.15, -0.1) is 0 Å². The summed E-state index contributed by atoms with van der Waals surface area (Å²) in [5, 5.41) is 7.75. The van der Waals surface area contributed by atoms with Gasteiger partial charge >= 0.3 is 0 Å². The number of benzene rings is 2. The molecule has 5 aromatic rings. The molecule has 0 bridgehead atoms. The Balaban J connectivity index is 1.84. The Morgan fingerprint density at radius 1 is 1.08 bits per heavy atom. The lowest BCUT2D eigenvalue weighted by Crippen LogP contribution is -2.25. The quantitative estimate of drug-likeness (QED) is 0.373. The molecule has 186 valence electrons. The standard InChI is InChI=1S/C26H21N5O5S/c1-15-9-17(22-13-27-14-36-22)11-18(10-15)24-20-5-4-8-28-25(20)26(33)31(30-24)21-12-19(29-16(2)32)6-7-23(21)37(3,34)35/h4-14H,1-3H3,(H,29,32). The van der Waals surface area contributed by atoms with Gasteiger partial charge in [-0.3, -0.25) is 14.6 Å². The molecule has 2 aromatic carbocycles. The monoisotopic (exact) mass is 515 g/mol. The number of anilines is 1. The van der Waals surface area contributed by atoms with Crippen LogP contribution in [-0.2, 0) is 14.6 Å². The van der Waals surface area contributed by atoms with Crippen LogP contribution in [0.25, 0.3) is 39.2 Å². The summed E-state index contributed by atoms with van der Waals surface area (Å²) in [6.45, 7) is 3.25. The van der Waals surface area contributed by atoms with Gasteiger partial charge in [-0.25, -0.2) is 13.4 Å². The van der Waals surface area contributed by atoms with Gasteiger partial charge in [0.05, 0.1) is 16.8 Å². The van der Waals surface area contributed by atoms with E-state index in [1.807, 2.05) is 25.1 Å². The second kappa shape index (κ2) is 9.10. The molecule has 0 saturated carbocycles. The molecule has 0 atom stereocenters. The van der Waals surface area contributed by atoms with Crippen LogP contribution in [0.3, 0.4) is 0 Å². The van der Waals surface area contributed by atoms with Crippen LogP contribution in [-0.4, -0.2) is 40.3 Å². The number of oxazole rings is 1. The number of hydrogen-bond acceptors (Lipinski definition) is 8. The zero-order chi connectivity index (χ0) is 26.3. The summed E-state index contributed by atoms with van der Waals surface area (Å²) < 4.78 is 31.8. The van der Waals surface area contributed by atoms with Crippen molar-refractivity contribution in [3.8, 4) is 28.3 Å². The molecule has 37 heavy (non-hydrogen) atoms. The van der Waals surface area contributed by atoms with Gasteiger partial charge in [-0.1, -0.05) is 0 Å². The molecule has 3 aromatic heterocycles. The van der Waals surface area contributed by atoms with Gasteiger partial charge in [0, 0.05) is 41.6 Å². The van der Waals surface area contributed by atoms with E-state index in [4.69, 9.17) is 4.42 Å². The molecule has 0 saturated heterocycles. The summed E-state index contributed by atoms with van der Waals surface area (Å²) in [5.74, 6) is 0.210. The number of carbonyl (C=O) groups is 1. The van der Waals surface area contributed by atoms with Gasteiger partial charge in [0.25, 0.3) is 5.56 Å². The molecule has 0 spiro atoms. The third-order valence-electron chi connectivity index (χ3n) is 5.63. The van der Waals surface area contributed by atoms with Gasteiger partial charge < -0.3 is 9.73 Å². The van der Waals surface area contributed by atoms with Crippen LogP contribution < -0.4 is 10.9 Å². The van der Waals surface area contributed by atoms with E-state index in [2.05, 4.69) is 20.4 Å². The number of aryl methyl sites for hydroxylation is 1. The molecule has 0 unspecified atom stereocenters.